The highest BCUT2D eigenvalue weighted by Gasteiger charge is 2.06. The molecule has 0 aliphatic rings. The van der Waals surface area contributed by atoms with Crippen LogP contribution >= 0.6 is 0 Å². The van der Waals surface area contributed by atoms with Gasteiger partial charge in [-0.25, -0.2) is 0 Å². The molecule has 0 radical (unpaired) electrons. The van der Waals surface area contributed by atoms with E-state index in [1.807, 2.05) is 6.07 Å². The number of phenols is 1. The van der Waals surface area contributed by atoms with Crippen LogP contribution in [0.15, 0.2) is 28.8 Å². The fourth-order valence-electron chi connectivity index (χ4n) is 1.36. The van der Waals surface area contributed by atoms with E-state index >= 15 is 0 Å². The van der Waals surface area contributed by atoms with E-state index in [4.69, 9.17) is 4.52 Å². The average Bonchev–Trinajstić information content (AvgIpc) is 2.66. The highest BCUT2D eigenvalue weighted by atomic mass is 16.5. The minimum Gasteiger partial charge on any atom is -0.508 e. The summed E-state index contributed by atoms with van der Waals surface area (Å²) in [4.78, 5) is 14.3. The minimum absolute atomic E-state index is 0.156. The second kappa shape index (κ2) is 4.57. The molecule has 82 valence electrons. The van der Waals surface area contributed by atoms with Crippen LogP contribution in [-0.2, 0) is 17.6 Å². The van der Waals surface area contributed by atoms with Crippen LogP contribution < -0.4 is 0 Å². The molecule has 1 aromatic carbocycles. The first-order chi connectivity index (χ1) is 7.78. The van der Waals surface area contributed by atoms with Crippen molar-refractivity contribution < 1.29 is 14.4 Å². The zero-order chi connectivity index (χ0) is 11.4. The van der Waals surface area contributed by atoms with Crippen LogP contribution in [0.25, 0.3) is 0 Å². The van der Waals surface area contributed by atoms with Gasteiger partial charge in [0.25, 0.3) is 0 Å². The van der Waals surface area contributed by atoms with Gasteiger partial charge in [-0.1, -0.05) is 17.3 Å². The first kappa shape index (κ1) is 10.4. The first-order valence-corrected chi connectivity index (χ1v) is 4.81. The lowest BCUT2D eigenvalue weighted by Crippen LogP contribution is -1.91. The number of benzene rings is 1. The molecule has 0 bridgehead atoms. The molecule has 0 unspecified atom stereocenters. The minimum atomic E-state index is 0.156. The number of hydrogen-bond acceptors (Lipinski definition) is 5. The van der Waals surface area contributed by atoms with Crippen molar-refractivity contribution in [3.63, 3.8) is 0 Å². The molecule has 5 heteroatoms. The van der Waals surface area contributed by atoms with E-state index in [0.29, 0.717) is 18.1 Å². The zero-order valence-electron chi connectivity index (χ0n) is 8.46. The van der Waals surface area contributed by atoms with Gasteiger partial charge in [0.05, 0.1) is 12.8 Å². The van der Waals surface area contributed by atoms with Crippen LogP contribution in [0, 0.1) is 0 Å². The Bertz CT molecular complexity index is 493. The van der Waals surface area contributed by atoms with E-state index < -0.39 is 0 Å². The fourth-order valence-corrected chi connectivity index (χ4v) is 1.36. The van der Waals surface area contributed by atoms with Crippen LogP contribution in [0.4, 0.5) is 0 Å². The molecule has 2 aromatic rings. The standard InChI is InChI=1S/C11H10N2O3/c14-5-4-10-12-11(16-13-10)7-8-2-1-3-9(15)6-8/h1-3,5-6,15H,4,7H2. The Morgan fingerprint density at radius 1 is 1.44 bits per heavy atom. The summed E-state index contributed by atoms with van der Waals surface area (Å²) in [5.41, 5.74) is 0.876. The largest absolute Gasteiger partial charge is 0.508 e. The van der Waals surface area contributed by atoms with E-state index in [1.165, 1.54) is 0 Å². The topological polar surface area (TPSA) is 76.2 Å². The Morgan fingerprint density at radius 2 is 2.31 bits per heavy atom. The molecule has 0 saturated heterocycles. The van der Waals surface area contributed by atoms with Crippen molar-refractivity contribution in [3.05, 3.63) is 41.5 Å². The van der Waals surface area contributed by atoms with Gasteiger partial charge < -0.3 is 14.4 Å². The lowest BCUT2D eigenvalue weighted by atomic mass is 10.1. The molecule has 0 amide bonds. The summed E-state index contributed by atoms with van der Waals surface area (Å²) in [7, 11) is 0. The summed E-state index contributed by atoms with van der Waals surface area (Å²) in [6.07, 6.45) is 1.33. The molecule has 0 atom stereocenters. The quantitative estimate of drug-likeness (QED) is 0.778. The van der Waals surface area contributed by atoms with Gasteiger partial charge in [0, 0.05) is 0 Å². The molecule has 1 aromatic heterocycles. The van der Waals surface area contributed by atoms with Crippen molar-refractivity contribution >= 4 is 6.29 Å². The maximum absolute atomic E-state index is 10.2. The lowest BCUT2D eigenvalue weighted by Gasteiger charge is -1.96. The molecule has 1 heterocycles. The second-order valence-electron chi connectivity index (χ2n) is 3.32. The molecule has 1 N–H and O–H groups in total. The Labute approximate surface area is 91.7 Å². The Balaban J connectivity index is 2.11. The van der Waals surface area contributed by atoms with Gasteiger partial charge in [0.2, 0.25) is 5.89 Å². The summed E-state index contributed by atoms with van der Waals surface area (Å²) in [5, 5.41) is 12.9. The number of phenolic OH excluding ortho intramolecular Hbond substituents is 1. The van der Waals surface area contributed by atoms with Crippen molar-refractivity contribution in [2.45, 2.75) is 12.8 Å². The summed E-state index contributed by atoms with van der Waals surface area (Å²) in [5.74, 6) is 1.01. The van der Waals surface area contributed by atoms with Gasteiger partial charge in [-0.15, -0.1) is 0 Å². The predicted molar refractivity (Wildman–Crippen MR) is 55.0 cm³/mol. The number of aromatic hydroxyl groups is 1. The third-order valence-corrected chi connectivity index (χ3v) is 2.04. The second-order valence-corrected chi connectivity index (χ2v) is 3.32. The summed E-state index contributed by atoms with van der Waals surface area (Å²) in [6, 6.07) is 6.81. The normalized spacial score (nSPS) is 10.2. The fraction of sp³-hybridized carbons (Fsp3) is 0.182. The van der Waals surface area contributed by atoms with Gasteiger partial charge in [-0.3, -0.25) is 0 Å². The Morgan fingerprint density at radius 3 is 3.06 bits per heavy atom. The van der Waals surface area contributed by atoms with Crippen LogP contribution in [0.1, 0.15) is 17.3 Å². The van der Waals surface area contributed by atoms with E-state index in [1.54, 1.807) is 18.2 Å². The SMILES string of the molecule is O=CCc1noc(Cc2cccc(O)c2)n1. The van der Waals surface area contributed by atoms with Gasteiger partial charge in [-0.2, -0.15) is 4.98 Å². The number of hydrogen-bond donors (Lipinski definition) is 1. The summed E-state index contributed by atoms with van der Waals surface area (Å²) in [6.45, 7) is 0. The third kappa shape index (κ3) is 2.44. The maximum atomic E-state index is 10.2. The van der Waals surface area contributed by atoms with Crippen molar-refractivity contribution in [2.75, 3.05) is 0 Å². The van der Waals surface area contributed by atoms with Crippen LogP contribution in [0.5, 0.6) is 5.75 Å². The zero-order valence-corrected chi connectivity index (χ0v) is 8.46. The molecule has 0 saturated carbocycles. The van der Waals surface area contributed by atoms with E-state index in [-0.39, 0.29) is 12.2 Å². The monoisotopic (exact) mass is 218 g/mol. The number of nitrogens with zero attached hydrogens (tertiary/aromatic N) is 2. The van der Waals surface area contributed by atoms with Crippen molar-refractivity contribution in [1.29, 1.82) is 0 Å². The van der Waals surface area contributed by atoms with Crippen LogP contribution in [0.2, 0.25) is 0 Å². The Hall–Kier alpha value is -2.17. The summed E-state index contributed by atoms with van der Waals surface area (Å²) < 4.78 is 4.96. The number of carbonyl (C=O) groups is 1. The van der Waals surface area contributed by atoms with Gasteiger partial charge in [-0.05, 0) is 17.7 Å². The van der Waals surface area contributed by atoms with Crippen molar-refractivity contribution in [1.82, 2.24) is 10.1 Å². The van der Waals surface area contributed by atoms with E-state index in [9.17, 15) is 9.90 Å². The highest BCUT2D eigenvalue weighted by molar-refractivity contribution is 5.52. The number of aldehydes is 1. The van der Waals surface area contributed by atoms with E-state index in [2.05, 4.69) is 10.1 Å². The smallest absolute Gasteiger partial charge is 0.231 e. The van der Waals surface area contributed by atoms with Crippen molar-refractivity contribution in [3.8, 4) is 5.75 Å². The molecule has 0 spiro atoms. The molecule has 5 nitrogen and oxygen atoms in total. The van der Waals surface area contributed by atoms with Gasteiger partial charge in [0.15, 0.2) is 5.82 Å². The average molecular weight is 218 g/mol. The Kier molecular flexibility index (Phi) is 2.95. The molecule has 0 aliphatic carbocycles. The molecular weight excluding hydrogens is 208 g/mol. The number of aromatic nitrogens is 2. The van der Waals surface area contributed by atoms with Crippen LogP contribution in [0.3, 0.4) is 0 Å². The lowest BCUT2D eigenvalue weighted by molar-refractivity contribution is -0.107. The number of carbonyl (C=O) groups excluding carboxylic acids is 1. The van der Waals surface area contributed by atoms with E-state index in [0.717, 1.165) is 11.8 Å². The highest BCUT2D eigenvalue weighted by Crippen LogP contribution is 2.14. The molecule has 0 aliphatic heterocycles. The number of rotatable bonds is 4. The molecule has 0 fully saturated rings. The first-order valence-electron chi connectivity index (χ1n) is 4.81. The predicted octanol–water partition coefficient (Wildman–Crippen LogP) is 1.11. The molecule has 16 heavy (non-hydrogen) atoms. The summed E-state index contributed by atoms with van der Waals surface area (Å²) >= 11 is 0. The third-order valence-electron chi connectivity index (χ3n) is 2.04. The molecule has 2 rings (SSSR count). The van der Waals surface area contributed by atoms with Crippen LogP contribution in [-0.4, -0.2) is 21.5 Å². The van der Waals surface area contributed by atoms with Gasteiger partial charge in [0.1, 0.15) is 12.0 Å². The van der Waals surface area contributed by atoms with Gasteiger partial charge >= 0.3 is 0 Å². The van der Waals surface area contributed by atoms with Crippen molar-refractivity contribution in [2.24, 2.45) is 0 Å². The molecular formula is C11H10N2O3. The maximum Gasteiger partial charge on any atom is 0.231 e.